The lowest BCUT2D eigenvalue weighted by Crippen LogP contribution is -2.33. The zero-order valence-electron chi connectivity index (χ0n) is 9.45. The second kappa shape index (κ2) is 5.59. The Bertz CT molecular complexity index is 458. The topological polar surface area (TPSA) is 79.9 Å². The predicted molar refractivity (Wildman–Crippen MR) is 60.5 cm³/mol. The first-order valence-corrected chi connectivity index (χ1v) is 4.67. The molecule has 0 fully saturated rings. The van der Waals surface area contributed by atoms with E-state index in [1.54, 1.807) is 26.5 Å². The molecule has 0 aliphatic rings. The zero-order chi connectivity index (χ0) is 12.1. The highest BCUT2D eigenvalue weighted by molar-refractivity contribution is 6.57. The first-order valence-electron chi connectivity index (χ1n) is 4.67. The number of fused-ring (bicyclic) bond motifs is 1. The summed E-state index contributed by atoms with van der Waals surface area (Å²) in [4.78, 5) is 4.15. The summed E-state index contributed by atoms with van der Waals surface area (Å²) in [5.74, 6) is 0. The van der Waals surface area contributed by atoms with Gasteiger partial charge in [0.1, 0.15) is 0 Å². The molecule has 0 aliphatic carbocycles. The van der Waals surface area contributed by atoms with Crippen LogP contribution in [0.15, 0.2) is 18.3 Å². The van der Waals surface area contributed by atoms with Crippen LogP contribution < -0.4 is 5.59 Å². The number of rotatable bonds is 1. The van der Waals surface area contributed by atoms with Crippen LogP contribution in [-0.2, 0) is 4.74 Å². The van der Waals surface area contributed by atoms with Gasteiger partial charge < -0.3 is 14.8 Å². The molecule has 0 unspecified atom stereocenters. The van der Waals surface area contributed by atoms with E-state index in [0.717, 1.165) is 5.69 Å². The van der Waals surface area contributed by atoms with Gasteiger partial charge in [0.05, 0.1) is 17.5 Å². The molecule has 0 aromatic carbocycles. The van der Waals surface area contributed by atoms with Gasteiger partial charge in [-0.3, -0.25) is 0 Å². The van der Waals surface area contributed by atoms with Crippen LogP contribution in [0.2, 0.25) is 0 Å². The summed E-state index contributed by atoms with van der Waals surface area (Å²) < 4.78 is 5.77. The van der Waals surface area contributed by atoms with E-state index in [1.165, 1.54) is 10.6 Å². The number of hydrogen-bond donors (Lipinski definition) is 2. The second-order valence-corrected chi connectivity index (χ2v) is 3.23. The molecule has 0 bridgehead atoms. The van der Waals surface area contributed by atoms with Crippen LogP contribution in [0.3, 0.4) is 0 Å². The zero-order valence-corrected chi connectivity index (χ0v) is 9.45. The molecule has 0 saturated heterocycles. The van der Waals surface area contributed by atoms with Crippen molar-refractivity contribution in [2.24, 2.45) is 0 Å². The molecular formula is C9H14BN3O3. The van der Waals surface area contributed by atoms with Crippen molar-refractivity contribution in [3.63, 3.8) is 0 Å². The summed E-state index contributed by atoms with van der Waals surface area (Å²) in [5, 5.41) is 21.6. The highest BCUT2D eigenvalue weighted by Gasteiger charge is 2.13. The Morgan fingerprint density at radius 1 is 1.31 bits per heavy atom. The minimum atomic E-state index is -1.54. The lowest BCUT2D eigenvalue weighted by atomic mass is 9.86. The third-order valence-corrected chi connectivity index (χ3v) is 1.73. The summed E-state index contributed by atoms with van der Waals surface area (Å²) in [5.41, 5.74) is 1.75. The Hall–Kier alpha value is -1.44. The number of nitrogens with zero attached hydrogens (tertiary/aromatic N) is 3. The molecule has 0 radical (unpaired) electrons. The maximum Gasteiger partial charge on any atom is 0.510 e. The summed E-state index contributed by atoms with van der Waals surface area (Å²) in [6.45, 7) is 1.85. The SMILES string of the molecule is COC.Cc1cn2nc(B(O)O)ccc2n1. The van der Waals surface area contributed by atoms with Gasteiger partial charge in [-0.05, 0) is 19.1 Å². The monoisotopic (exact) mass is 223 g/mol. The Morgan fingerprint density at radius 2 is 1.94 bits per heavy atom. The van der Waals surface area contributed by atoms with Crippen LogP contribution in [0.1, 0.15) is 5.69 Å². The molecule has 2 N–H and O–H groups in total. The summed E-state index contributed by atoms with van der Waals surface area (Å²) in [7, 11) is 1.71. The van der Waals surface area contributed by atoms with Crippen molar-refractivity contribution in [2.45, 2.75) is 6.92 Å². The van der Waals surface area contributed by atoms with E-state index in [0.29, 0.717) is 5.65 Å². The third-order valence-electron chi connectivity index (χ3n) is 1.73. The van der Waals surface area contributed by atoms with Gasteiger partial charge in [-0.15, -0.1) is 0 Å². The average Bonchev–Trinajstić information content (AvgIpc) is 2.57. The molecule has 7 heteroatoms. The molecule has 0 atom stereocenters. The van der Waals surface area contributed by atoms with Gasteiger partial charge in [-0.25, -0.2) is 9.50 Å². The molecule has 2 heterocycles. The minimum absolute atomic E-state index is 0.213. The van der Waals surface area contributed by atoms with E-state index in [2.05, 4.69) is 14.8 Å². The molecule has 86 valence electrons. The highest BCUT2D eigenvalue weighted by Crippen LogP contribution is 1.99. The normalized spacial score (nSPS) is 9.81. The molecule has 16 heavy (non-hydrogen) atoms. The van der Waals surface area contributed by atoms with E-state index in [1.807, 2.05) is 6.92 Å². The van der Waals surface area contributed by atoms with Gasteiger partial charge in [0, 0.05) is 14.2 Å². The standard InChI is InChI=1S/C7H8BN3O2.C2H6O/c1-5-4-11-7(9-5)3-2-6(10-11)8(12)13;1-3-2/h2-4,12-13H,1H3;1-2H3. The number of imidazole rings is 1. The van der Waals surface area contributed by atoms with Gasteiger partial charge >= 0.3 is 7.12 Å². The highest BCUT2D eigenvalue weighted by atomic mass is 16.4. The van der Waals surface area contributed by atoms with Crippen molar-refractivity contribution < 1.29 is 14.8 Å². The fraction of sp³-hybridized carbons (Fsp3) is 0.333. The largest absolute Gasteiger partial charge is 0.510 e. The number of hydrogen-bond acceptors (Lipinski definition) is 5. The molecule has 0 aliphatic heterocycles. The van der Waals surface area contributed by atoms with E-state index < -0.39 is 7.12 Å². The summed E-state index contributed by atoms with van der Waals surface area (Å²) in [6, 6.07) is 3.22. The molecule has 2 rings (SSSR count). The van der Waals surface area contributed by atoms with E-state index >= 15 is 0 Å². The Morgan fingerprint density at radius 3 is 2.50 bits per heavy atom. The molecule has 0 amide bonds. The molecule has 0 saturated carbocycles. The Balaban J connectivity index is 0.000000386. The van der Waals surface area contributed by atoms with Crippen molar-refractivity contribution in [3.8, 4) is 0 Å². The predicted octanol–water partition coefficient (Wildman–Crippen LogP) is -1.02. The van der Waals surface area contributed by atoms with Crippen molar-refractivity contribution >= 4 is 18.4 Å². The van der Waals surface area contributed by atoms with Gasteiger partial charge in [0.2, 0.25) is 0 Å². The fourth-order valence-corrected chi connectivity index (χ4v) is 1.15. The van der Waals surface area contributed by atoms with E-state index in [-0.39, 0.29) is 5.59 Å². The maximum absolute atomic E-state index is 8.85. The van der Waals surface area contributed by atoms with Crippen molar-refractivity contribution in [2.75, 3.05) is 14.2 Å². The van der Waals surface area contributed by atoms with Crippen LogP contribution in [-0.4, -0.2) is 46.0 Å². The van der Waals surface area contributed by atoms with Crippen molar-refractivity contribution in [1.29, 1.82) is 0 Å². The van der Waals surface area contributed by atoms with Crippen LogP contribution in [0.5, 0.6) is 0 Å². The molecule has 6 nitrogen and oxygen atoms in total. The molecule has 0 spiro atoms. The fourth-order valence-electron chi connectivity index (χ4n) is 1.15. The average molecular weight is 223 g/mol. The summed E-state index contributed by atoms with van der Waals surface area (Å²) in [6.07, 6.45) is 1.72. The van der Waals surface area contributed by atoms with Gasteiger partial charge in [0.15, 0.2) is 5.65 Å². The van der Waals surface area contributed by atoms with Crippen molar-refractivity contribution in [1.82, 2.24) is 14.6 Å². The first-order chi connectivity index (χ1) is 7.58. The lowest BCUT2D eigenvalue weighted by Gasteiger charge is -1.97. The number of aryl methyl sites for hydroxylation is 1. The minimum Gasteiger partial charge on any atom is -0.422 e. The van der Waals surface area contributed by atoms with Gasteiger partial charge in [-0.1, -0.05) is 0 Å². The molecule has 2 aromatic heterocycles. The second-order valence-electron chi connectivity index (χ2n) is 3.23. The number of methoxy groups -OCH3 is 1. The molecule has 2 aromatic rings. The Kier molecular flexibility index (Phi) is 4.42. The van der Waals surface area contributed by atoms with Gasteiger partial charge in [-0.2, -0.15) is 5.10 Å². The van der Waals surface area contributed by atoms with Crippen LogP contribution in [0.4, 0.5) is 0 Å². The lowest BCUT2D eigenvalue weighted by molar-refractivity contribution is 0.277. The van der Waals surface area contributed by atoms with Gasteiger partial charge in [0.25, 0.3) is 0 Å². The van der Waals surface area contributed by atoms with Crippen molar-refractivity contribution in [3.05, 3.63) is 24.0 Å². The molecular weight excluding hydrogens is 209 g/mol. The smallest absolute Gasteiger partial charge is 0.422 e. The Labute approximate surface area is 93.7 Å². The maximum atomic E-state index is 8.85. The first kappa shape index (κ1) is 12.6. The van der Waals surface area contributed by atoms with Crippen LogP contribution in [0.25, 0.3) is 5.65 Å². The van der Waals surface area contributed by atoms with Crippen LogP contribution >= 0.6 is 0 Å². The number of aromatic nitrogens is 3. The number of ether oxygens (including phenoxy) is 1. The quantitative estimate of drug-likeness (QED) is 0.605. The third kappa shape index (κ3) is 3.03. The summed E-state index contributed by atoms with van der Waals surface area (Å²) >= 11 is 0. The van der Waals surface area contributed by atoms with E-state index in [4.69, 9.17) is 10.0 Å². The van der Waals surface area contributed by atoms with E-state index in [9.17, 15) is 0 Å². The van der Waals surface area contributed by atoms with Crippen LogP contribution in [0, 0.1) is 6.92 Å².